The first-order chi connectivity index (χ1) is 8.06. The number of aromatic nitrogens is 2. The number of nitrogens with two attached hydrogens (primary N) is 1. The summed E-state index contributed by atoms with van der Waals surface area (Å²) in [4.78, 5) is 21.1. The second-order valence-corrected chi connectivity index (χ2v) is 3.70. The van der Waals surface area contributed by atoms with Crippen molar-refractivity contribution in [1.82, 2.24) is 14.9 Å². The predicted molar refractivity (Wildman–Crippen MR) is 61.6 cm³/mol. The van der Waals surface area contributed by atoms with Gasteiger partial charge in [-0.2, -0.15) is 0 Å². The fourth-order valence-electron chi connectivity index (χ4n) is 1.29. The van der Waals surface area contributed by atoms with Gasteiger partial charge in [0.2, 0.25) is 0 Å². The van der Waals surface area contributed by atoms with Gasteiger partial charge in [-0.3, -0.25) is 9.78 Å². The van der Waals surface area contributed by atoms with E-state index in [1.165, 1.54) is 23.5 Å². The van der Waals surface area contributed by atoms with Crippen molar-refractivity contribution >= 4 is 11.7 Å². The number of hydrogen-bond donors (Lipinski definition) is 2. The van der Waals surface area contributed by atoms with E-state index < -0.39 is 0 Å². The van der Waals surface area contributed by atoms with E-state index in [2.05, 4.69) is 15.1 Å². The first-order valence-corrected chi connectivity index (χ1v) is 5.05. The van der Waals surface area contributed by atoms with Crippen LogP contribution in [0.2, 0.25) is 0 Å². The molecule has 1 aromatic rings. The number of amidine groups is 1. The van der Waals surface area contributed by atoms with Gasteiger partial charge >= 0.3 is 0 Å². The van der Waals surface area contributed by atoms with Crippen molar-refractivity contribution in [1.29, 1.82) is 0 Å². The van der Waals surface area contributed by atoms with E-state index in [-0.39, 0.29) is 23.4 Å². The largest absolute Gasteiger partial charge is 0.409 e. The monoisotopic (exact) mass is 237 g/mol. The molecule has 3 N–H and O–H groups in total. The fraction of sp³-hybridized carbons (Fsp3) is 0.400. The lowest BCUT2D eigenvalue weighted by atomic mass is 10.1. The van der Waals surface area contributed by atoms with Crippen LogP contribution in [0.3, 0.4) is 0 Å². The molecule has 1 rings (SSSR count). The summed E-state index contributed by atoms with van der Waals surface area (Å²) >= 11 is 0. The third kappa shape index (κ3) is 3.40. The minimum atomic E-state index is -0.254. The second kappa shape index (κ2) is 5.78. The molecule has 1 amide bonds. The maximum Gasteiger partial charge on any atom is 0.273 e. The Balaban J connectivity index is 2.66. The molecule has 0 aliphatic heterocycles. The van der Waals surface area contributed by atoms with Gasteiger partial charge in [0.15, 0.2) is 0 Å². The van der Waals surface area contributed by atoms with Gasteiger partial charge in [0.25, 0.3) is 5.91 Å². The third-order valence-electron chi connectivity index (χ3n) is 2.30. The zero-order valence-electron chi connectivity index (χ0n) is 9.74. The highest BCUT2D eigenvalue weighted by Crippen LogP contribution is 2.03. The van der Waals surface area contributed by atoms with Crippen LogP contribution in [-0.2, 0) is 0 Å². The minimum absolute atomic E-state index is 0.0868. The lowest BCUT2D eigenvalue weighted by Crippen LogP contribution is -2.36. The van der Waals surface area contributed by atoms with Gasteiger partial charge in [-0.05, 0) is 0 Å². The average Bonchev–Trinajstić information content (AvgIpc) is 2.37. The zero-order chi connectivity index (χ0) is 12.8. The number of carbonyl (C=O) groups excluding carboxylic acids is 1. The van der Waals surface area contributed by atoms with Gasteiger partial charge in [0.1, 0.15) is 11.5 Å². The summed E-state index contributed by atoms with van der Waals surface area (Å²) in [5.74, 6) is -0.398. The molecule has 1 aromatic heterocycles. The first kappa shape index (κ1) is 12.9. The van der Waals surface area contributed by atoms with Gasteiger partial charge in [-0.25, -0.2) is 4.98 Å². The summed E-state index contributed by atoms with van der Waals surface area (Å²) in [6, 6.07) is 0. The van der Waals surface area contributed by atoms with Crippen LogP contribution in [0.15, 0.2) is 23.7 Å². The van der Waals surface area contributed by atoms with Crippen molar-refractivity contribution in [3.05, 3.63) is 24.3 Å². The summed E-state index contributed by atoms with van der Waals surface area (Å²) < 4.78 is 0. The zero-order valence-corrected chi connectivity index (χ0v) is 9.74. The minimum Gasteiger partial charge on any atom is -0.409 e. The van der Waals surface area contributed by atoms with Crippen molar-refractivity contribution in [2.24, 2.45) is 16.8 Å². The molecule has 7 nitrogen and oxygen atoms in total. The van der Waals surface area contributed by atoms with Crippen LogP contribution in [0.4, 0.5) is 0 Å². The van der Waals surface area contributed by atoms with Crippen LogP contribution < -0.4 is 5.73 Å². The molecule has 1 unspecified atom stereocenters. The molecule has 0 spiro atoms. The van der Waals surface area contributed by atoms with E-state index in [9.17, 15) is 4.79 Å². The topological polar surface area (TPSA) is 105 Å². The first-order valence-electron chi connectivity index (χ1n) is 5.05. The lowest BCUT2D eigenvalue weighted by Gasteiger charge is -2.20. The average molecular weight is 237 g/mol. The van der Waals surface area contributed by atoms with Crippen LogP contribution in [0, 0.1) is 5.92 Å². The Kier molecular flexibility index (Phi) is 4.38. The standard InChI is InChI=1S/C10H15N5O2/c1-7(9(11)14-17)6-15(2)10(16)8-5-12-3-4-13-8/h3-5,7,17H,6H2,1-2H3,(H2,11,14). The van der Waals surface area contributed by atoms with Gasteiger partial charge in [-0.15, -0.1) is 0 Å². The van der Waals surface area contributed by atoms with Crippen molar-refractivity contribution in [3.63, 3.8) is 0 Å². The smallest absolute Gasteiger partial charge is 0.273 e. The quantitative estimate of drug-likeness (QED) is 0.330. The van der Waals surface area contributed by atoms with E-state index in [0.717, 1.165) is 0 Å². The van der Waals surface area contributed by atoms with Crippen LogP contribution in [0.1, 0.15) is 17.4 Å². The summed E-state index contributed by atoms with van der Waals surface area (Å²) in [6.07, 6.45) is 4.34. The number of rotatable bonds is 4. The Hall–Kier alpha value is -2.18. The number of carbonyl (C=O) groups is 1. The Morgan fingerprint density at radius 3 is 2.88 bits per heavy atom. The molecule has 0 radical (unpaired) electrons. The van der Waals surface area contributed by atoms with Crippen LogP contribution in [0.25, 0.3) is 0 Å². The molecule has 0 aromatic carbocycles. The Morgan fingerprint density at radius 2 is 2.35 bits per heavy atom. The Bertz CT molecular complexity index is 406. The van der Waals surface area contributed by atoms with Crippen LogP contribution >= 0.6 is 0 Å². The highest BCUT2D eigenvalue weighted by Gasteiger charge is 2.17. The number of amides is 1. The van der Waals surface area contributed by atoms with E-state index in [1.807, 2.05) is 0 Å². The molecule has 92 valence electrons. The molecule has 0 saturated carbocycles. The number of hydrogen-bond acceptors (Lipinski definition) is 5. The molecule has 1 atom stereocenters. The molecule has 17 heavy (non-hydrogen) atoms. The molecular weight excluding hydrogens is 222 g/mol. The maximum absolute atomic E-state index is 11.9. The van der Waals surface area contributed by atoms with Gasteiger partial charge < -0.3 is 15.8 Å². The highest BCUT2D eigenvalue weighted by molar-refractivity contribution is 5.92. The van der Waals surface area contributed by atoms with E-state index in [0.29, 0.717) is 6.54 Å². The SMILES string of the molecule is CC(CN(C)C(=O)c1cnccn1)C(N)=NO. The van der Waals surface area contributed by atoms with Crippen molar-refractivity contribution in [2.45, 2.75) is 6.92 Å². The summed E-state index contributed by atoms with van der Waals surface area (Å²) in [7, 11) is 1.62. The predicted octanol–water partition coefficient (Wildman–Crippen LogP) is -0.0689. The summed E-state index contributed by atoms with van der Waals surface area (Å²) in [5, 5.41) is 11.4. The van der Waals surface area contributed by atoms with Crippen molar-refractivity contribution in [2.75, 3.05) is 13.6 Å². The molecule has 0 aliphatic carbocycles. The molecule has 0 fully saturated rings. The summed E-state index contributed by atoms with van der Waals surface area (Å²) in [6.45, 7) is 2.10. The number of oxime groups is 1. The van der Waals surface area contributed by atoms with E-state index >= 15 is 0 Å². The van der Waals surface area contributed by atoms with Gasteiger partial charge in [0, 0.05) is 31.9 Å². The van der Waals surface area contributed by atoms with Gasteiger partial charge in [-0.1, -0.05) is 12.1 Å². The fourth-order valence-corrected chi connectivity index (χ4v) is 1.29. The Labute approximate surface area is 99.0 Å². The van der Waals surface area contributed by atoms with Crippen molar-refractivity contribution < 1.29 is 10.0 Å². The third-order valence-corrected chi connectivity index (χ3v) is 2.30. The maximum atomic E-state index is 11.9. The second-order valence-electron chi connectivity index (χ2n) is 3.70. The number of nitrogens with zero attached hydrogens (tertiary/aromatic N) is 4. The van der Waals surface area contributed by atoms with Crippen LogP contribution in [-0.4, -0.2) is 45.4 Å². The van der Waals surface area contributed by atoms with E-state index in [1.54, 1.807) is 14.0 Å². The summed E-state index contributed by atoms with van der Waals surface area (Å²) in [5.41, 5.74) is 5.70. The Morgan fingerprint density at radius 1 is 1.65 bits per heavy atom. The molecule has 7 heteroatoms. The molecule has 1 heterocycles. The highest BCUT2D eigenvalue weighted by atomic mass is 16.4. The molecule has 0 bridgehead atoms. The van der Waals surface area contributed by atoms with E-state index in [4.69, 9.17) is 10.9 Å². The normalized spacial score (nSPS) is 13.2. The van der Waals surface area contributed by atoms with Gasteiger partial charge in [0.05, 0.1) is 6.20 Å². The molecular formula is C10H15N5O2. The van der Waals surface area contributed by atoms with Crippen molar-refractivity contribution in [3.8, 4) is 0 Å². The lowest BCUT2D eigenvalue weighted by molar-refractivity contribution is 0.0779. The van der Waals surface area contributed by atoms with Crippen LogP contribution in [0.5, 0.6) is 0 Å². The molecule has 0 aliphatic rings. The molecule has 0 saturated heterocycles.